The quantitative estimate of drug-likeness (QED) is 0.255. The van der Waals surface area contributed by atoms with Crippen LogP contribution in [0.15, 0.2) is 29.4 Å². The Hall–Kier alpha value is -1.24. The van der Waals surface area contributed by atoms with Crippen molar-refractivity contribution in [1.82, 2.24) is 0 Å². The molecule has 94 valence electrons. The predicted octanol–water partition coefficient (Wildman–Crippen LogP) is 0.367. The smallest absolute Gasteiger partial charge is 0.170 e. The molecule has 17 heavy (non-hydrogen) atoms. The van der Waals surface area contributed by atoms with Gasteiger partial charge in [0, 0.05) is 17.1 Å². The molecule has 0 aliphatic heterocycles. The number of aliphatic hydroxyl groups excluding tert-OH is 2. The maximum atomic E-state index is 9.20. The van der Waals surface area contributed by atoms with E-state index in [2.05, 4.69) is 5.16 Å². The van der Waals surface area contributed by atoms with E-state index in [1.165, 1.54) is 11.8 Å². The van der Waals surface area contributed by atoms with E-state index in [1.54, 1.807) is 6.07 Å². The van der Waals surface area contributed by atoms with E-state index in [1.807, 2.05) is 18.2 Å². The van der Waals surface area contributed by atoms with Gasteiger partial charge in [-0.1, -0.05) is 29.4 Å². The van der Waals surface area contributed by atoms with Crippen LogP contribution in [0.3, 0.4) is 0 Å². The summed E-state index contributed by atoms with van der Waals surface area (Å²) in [7, 11) is 0. The van der Waals surface area contributed by atoms with E-state index in [4.69, 9.17) is 16.0 Å². The molecule has 1 atom stereocenters. The monoisotopic (exact) mass is 256 g/mol. The lowest BCUT2D eigenvalue weighted by atomic mass is 10.1. The summed E-state index contributed by atoms with van der Waals surface area (Å²) in [5.41, 5.74) is 7.16. The van der Waals surface area contributed by atoms with Gasteiger partial charge in [-0.05, 0) is 5.56 Å². The number of benzene rings is 1. The summed E-state index contributed by atoms with van der Waals surface area (Å²) in [6, 6.07) is 7.33. The van der Waals surface area contributed by atoms with E-state index in [0.29, 0.717) is 17.1 Å². The maximum Gasteiger partial charge on any atom is 0.170 e. The number of aliphatic hydroxyl groups is 2. The van der Waals surface area contributed by atoms with E-state index >= 15 is 0 Å². The predicted molar refractivity (Wildman–Crippen MR) is 68.2 cm³/mol. The fourth-order valence-electron chi connectivity index (χ4n) is 1.31. The van der Waals surface area contributed by atoms with Crippen molar-refractivity contribution < 1.29 is 15.4 Å². The molecule has 1 unspecified atom stereocenters. The van der Waals surface area contributed by atoms with Crippen LogP contribution in [0.4, 0.5) is 0 Å². The topological polar surface area (TPSA) is 99.1 Å². The summed E-state index contributed by atoms with van der Waals surface area (Å²) in [5, 5.41) is 29.5. The normalized spacial score (nSPS) is 13.6. The van der Waals surface area contributed by atoms with Gasteiger partial charge in [0.2, 0.25) is 0 Å². The molecule has 0 saturated carbocycles. The third kappa shape index (κ3) is 4.26. The van der Waals surface area contributed by atoms with Gasteiger partial charge in [-0.25, -0.2) is 0 Å². The van der Waals surface area contributed by atoms with Gasteiger partial charge < -0.3 is 21.2 Å². The number of thioether (sulfide) groups is 1. The standard InChI is InChI=1S/C11H16N2O3S/c12-11(13-16)10-4-2-1-3-8(10)6-17-7-9(15)5-14/h1-4,9,14-16H,5-7H2,(H2,12,13). The zero-order valence-corrected chi connectivity index (χ0v) is 10.1. The molecule has 0 saturated heterocycles. The second-order valence-electron chi connectivity index (χ2n) is 3.49. The van der Waals surface area contributed by atoms with Crippen molar-refractivity contribution in [3.63, 3.8) is 0 Å². The summed E-state index contributed by atoms with van der Waals surface area (Å²) in [5.74, 6) is 1.15. The fourth-order valence-corrected chi connectivity index (χ4v) is 2.27. The Bertz CT molecular complexity index is 385. The molecule has 0 radical (unpaired) electrons. The molecule has 0 bridgehead atoms. The van der Waals surface area contributed by atoms with E-state index in [-0.39, 0.29) is 12.4 Å². The summed E-state index contributed by atoms with van der Waals surface area (Å²) in [4.78, 5) is 0. The van der Waals surface area contributed by atoms with Gasteiger partial charge in [-0.3, -0.25) is 0 Å². The molecule has 6 heteroatoms. The van der Waals surface area contributed by atoms with Crippen molar-refractivity contribution in [3.05, 3.63) is 35.4 Å². The van der Waals surface area contributed by atoms with Gasteiger partial charge >= 0.3 is 0 Å². The molecule has 1 aromatic carbocycles. The lowest BCUT2D eigenvalue weighted by molar-refractivity contribution is 0.113. The largest absolute Gasteiger partial charge is 0.409 e. The van der Waals surface area contributed by atoms with Crippen LogP contribution < -0.4 is 5.73 Å². The zero-order chi connectivity index (χ0) is 12.7. The number of oxime groups is 1. The number of hydrogen-bond acceptors (Lipinski definition) is 5. The Morgan fingerprint density at radius 1 is 1.41 bits per heavy atom. The van der Waals surface area contributed by atoms with Crippen LogP contribution >= 0.6 is 11.8 Å². The van der Waals surface area contributed by atoms with Crippen LogP contribution in [0, 0.1) is 0 Å². The molecule has 0 aliphatic carbocycles. The lowest BCUT2D eigenvalue weighted by Gasteiger charge is -2.09. The molecule has 1 aromatic rings. The van der Waals surface area contributed by atoms with Crippen LogP contribution in [-0.2, 0) is 5.75 Å². The van der Waals surface area contributed by atoms with Crippen molar-refractivity contribution in [2.45, 2.75) is 11.9 Å². The van der Waals surface area contributed by atoms with Crippen LogP contribution in [0.2, 0.25) is 0 Å². The fraction of sp³-hybridized carbons (Fsp3) is 0.364. The molecule has 5 nitrogen and oxygen atoms in total. The average molecular weight is 256 g/mol. The second-order valence-corrected chi connectivity index (χ2v) is 4.52. The van der Waals surface area contributed by atoms with Crippen molar-refractivity contribution in [3.8, 4) is 0 Å². The minimum atomic E-state index is -0.712. The second kappa shape index (κ2) is 7.16. The van der Waals surface area contributed by atoms with Crippen LogP contribution in [0.1, 0.15) is 11.1 Å². The van der Waals surface area contributed by atoms with E-state index in [9.17, 15) is 5.11 Å². The highest BCUT2D eigenvalue weighted by atomic mass is 32.2. The average Bonchev–Trinajstić information content (AvgIpc) is 2.38. The Morgan fingerprint density at radius 3 is 2.76 bits per heavy atom. The first kappa shape index (κ1) is 13.8. The Kier molecular flexibility index (Phi) is 5.82. The molecule has 0 fully saturated rings. The first-order valence-electron chi connectivity index (χ1n) is 5.11. The van der Waals surface area contributed by atoms with Gasteiger partial charge in [0.25, 0.3) is 0 Å². The maximum absolute atomic E-state index is 9.20. The zero-order valence-electron chi connectivity index (χ0n) is 9.28. The molecule has 1 rings (SSSR count). The van der Waals surface area contributed by atoms with Crippen molar-refractivity contribution >= 4 is 17.6 Å². The molecule has 5 N–H and O–H groups in total. The number of amidine groups is 1. The van der Waals surface area contributed by atoms with Gasteiger partial charge in [0.1, 0.15) is 0 Å². The Labute approximate surface area is 104 Å². The molecular formula is C11H16N2O3S. The van der Waals surface area contributed by atoms with Crippen molar-refractivity contribution in [2.24, 2.45) is 10.9 Å². The summed E-state index contributed by atoms with van der Waals surface area (Å²) < 4.78 is 0. The van der Waals surface area contributed by atoms with Gasteiger partial charge in [-0.15, -0.1) is 0 Å². The molecule has 0 aromatic heterocycles. The number of nitrogens with two attached hydrogens (primary N) is 1. The molecule has 0 heterocycles. The van der Waals surface area contributed by atoms with Crippen molar-refractivity contribution in [1.29, 1.82) is 0 Å². The summed E-state index contributed by atoms with van der Waals surface area (Å²) >= 11 is 1.48. The van der Waals surface area contributed by atoms with Crippen molar-refractivity contribution in [2.75, 3.05) is 12.4 Å². The lowest BCUT2D eigenvalue weighted by Crippen LogP contribution is -2.16. The highest BCUT2D eigenvalue weighted by Crippen LogP contribution is 2.17. The molecular weight excluding hydrogens is 240 g/mol. The molecule has 0 aliphatic rings. The van der Waals surface area contributed by atoms with E-state index in [0.717, 1.165) is 5.56 Å². The van der Waals surface area contributed by atoms with Crippen LogP contribution in [0.25, 0.3) is 0 Å². The van der Waals surface area contributed by atoms with Crippen LogP contribution in [-0.4, -0.2) is 39.7 Å². The molecule has 0 spiro atoms. The highest BCUT2D eigenvalue weighted by Gasteiger charge is 2.07. The number of nitrogens with zero attached hydrogens (tertiary/aromatic N) is 1. The SMILES string of the molecule is NC(=NO)c1ccccc1CSCC(O)CO. The minimum absolute atomic E-state index is 0.0731. The third-order valence-electron chi connectivity index (χ3n) is 2.18. The van der Waals surface area contributed by atoms with Gasteiger partial charge in [0.15, 0.2) is 5.84 Å². The number of rotatable bonds is 6. The van der Waals surface area contributed by atoms with E-state index < -0.39 is 6.10 Å². The number of hydrogen-bond donors (Lipinski definition) is 4. The Balaban J connectivity index is 2.64. The molecule has 0 amide bonds. The van der Waals surface area contributed by atoms with Crippen LogP contribution in [0.5, 0.6) is 0 Å². The highest BCUT2D eigenvalue weighted by molar-refractivity contribution is 7.98. The minimum Gasteiger partial charge on any atom is -0.409 e. The third-order valence-corrected chi connectivity index (χ3v) is 3.32. The van der Waals surface area contributed by atoms with Gasteiger partial charge in [-0.2, -0.15) is 11.8 Å². The Morgan fingerprint density at radius 2 is 2.12 bits per heavy atom. The summed E-state index contributed by atoms with van der Waals surface area (Å²) in [6.45, 7) is -0.241. The summed E-state index contributed by atoms with van der Waals surface area (Å²) in [6.07, 6.45) is -0.712. The van der Waals surface area contributed by atoms with Gasteiger partial charge in [0.05, 0.1) is 12.7 Å². The first-order chi connectivity index (χ1) is 8.19. The first-order valence-corrected chi connectivity index (χ1v) is 6.27.